The maximum Gasteiger partial charge on any atom is 0.383 e. The molecular weight excluding hydrogens is 801 g/mol. The van der Waals surface area contributed by atoms with Crippen molar-refractivity contribution in [3.8, 4) is 17.2 Å². The van der Waals surface area contributed by atoms with E-state index < -0.39 is 42.3 Å². The molecule has 1 saturated heterocycles. The Balaban J connectivity index is 1.22. The molecule has 0 spiro atoms. The van der Waals surface area contributed by atoms with Crippen LogP contribution >= 0.6 is 0 Å². The second-order valence-corrected chi connectivity index (χ2v) is 15.0. The number of carbonyl (C=O) groups excluding carboxylic acids is 1. The minimum absolute atomic E-state index is 0.0343. The fraction of sp³-hybridized carbons (Fsp3) is 0.231. The highest BCUT2D eigenvalue weighted by Gasteiger charge is 2.50. The molecule has 0 unspecified atom stereocenters. The van der Waals surface area contributed by atoms with Gasteiger partial charge in [-0.15, -0.1) is 0 Å². The number of benzene rings is 6. The second kappa shape index (κ2) is 21.5. The van der Waals surface area contributed by atoms with E-state index in [1.807, 2.05) is 152 Å². The van der Waals surface area contributed by atoms with Crippen molar-refractivity contribution < 1.29 is 47.1 Å². The molecule has 0 bridgehead atoms. The second-order valence-electron chi connectivity index (χ2n) is 15.0. The Morgan fingerprint density at radius 2 is 1.02 bits per heavy atom. The van der Waals surface area contributed by atoms with Gasteiger partial charge in [0.05, 0.1) is 38.4 Å². The number of carbonyl (C=O) groups is 1. The van der Waals surface area contributed by atoms with Crippen LogP contribution in [0.5, 0.6) is 17.2 Å². The van der Waals surface area contributed by atoms with Crippen LogP contribution in [0.15, 0.2) is 179 Å². The van der Waals surface area contributed by atoms with Crippen LogP contribution in [0.1, 0.15) is 34.7 Å². The third-order valence-electron chi connectivity index (χ3n) is 10.4. The molecular formula is C52H48O11. The summed E-state index contributed by atoms with van der Waals surface area (Å²) < 4.78 is 58.2. The predicted octanol–water partition coefficient (Wildman–Crippen LogP) is 9.37. The van der Waals surface area contributed by atoms with Crippen molar-refractivity contribution in [3.05, 3.63) is 208 Å². The first kappa shape index (κ1) is 43.1. The van der Waals surface area contributed by atoms with Crippen molar-refractivity contribution >= 4 is 16.9 Å². The van der Waals surface area contributed by atoms with Crippen LogP contribution in [-0.4, -0.2) is 43.3 Å². The molecule has 0 amide bonds. The van der Waals surface area contributed by atoms with Crippen molar-refractivity contribution in [1.82, 2.24) is 0 Å². The minimum atomic E-state index is -1.23. The standard InChI is InChI=1S/C52H48O11/c1-36(53)60-42-27-28-43-44(29-42)61-51(54)49(58-33-40-23-13-5-14-24-40)46(43)63-52-50(59-34-41-25-15-6-16-26-41)48(57-32-39-21-11-4-12-22-39)47(56-31-38-19-9-3-10-20-38)45(62-52)35-55-30-37-17-7-2-8-18-37/h2-29,45,47-48,50,52H,30-35H2,1H3/t45-,47+,48+,50-,52+/m1/s1. The van der Waals surface area contributed by atoms with E-state index in [0.29, 0.717) is 12.0 Å². The molecule has 322 valence electrons. The highest BCUT2D eigenvalue weighted by atomic mass is 16.7. The maximum absolute atomic E-state index is 14.0. The van der Waals surface area contributed by atoms with E-state index in [0.717, 1.165) is 27.8 Å². The minimum Gasteiger partial charge on any atom is -0.479 e. The average molecular weight is 849 g/mol. The summed E-state index contributed by atoms with van der Waals surface area (Å²) in [6.45, 7) is 2.36. The Morgan fingerprint density at radius 1 is 0.540 bits per heavy atom. The molecule has 0 saturated carbocycles. The fourth-order valence-electron chi connectivity index (χ4n) is 7.29. The van der Waals surface area contributed by atoms with E-state index >= 15 is 0 Å². The van der Waals surface area contributed by atoms with Gasteiger partial charge < -0.3 is 42.3 Å². The number of hydrogen-bond acceptors (Lipinski definition) is 11. The van der Waals surface area contributed by atoms with Gasteiger partial charge in [-0.25, -0.2) is 4.79 Å². The molecule has 6 aromatic carbocycles. The van der Waals surface area contributed by atoms with Crippen molar-refractivity contribution in [3.63, 3.8) is 0 Å². The summed E-state index contributed by atoms with van der Waals surface area (Å²) in [7, 11) is 0. The Kier molecular flexibility index (Phi) is 14.7. The lowest BCUT2D eigenvalue weighted by atomic mass is 9.97. The summed E-state index contributed by atoms with van der Waals surface area (Å²) in [5, 5.41) is 0.361. The molecule has 1 aliphatic rings. The van der Waals surface area contributed by atoms with Gasteiger partial charge in [-0.3, -0.25) is 4.79 Å². The molecule has 1 aromatic heterocycles. The molecule has 11 heteroatoms. The summed E-state index contributed by atoms with van der Waals surface area (Å²) in [6, 6.07) is 53.4. The van der Waals surface area contributed by atoms with Gasteiger partial charge in [0.15, 0.2) is 5.75 Å². The molecule has 1 aliphatic heterocycles. The number of esters is 1. The quantitative estimate of drug-likeness (QED) is 0.0440. The van der Waals surface area contributed by atoms with Crippen LogP contribution in [0.3, 0.4) is 0 Å². The molecule has 0 radical (unpaired) electrons. The van der Waals surface area contributed by atoms with Crippen LogP contribution in [0.25, 0.3) is 11.0 Å². The zero-order chi connectivity index (χ0) is 43.2. The molecule has 7 aromatic rings. The topological polar surface area (TPSA) is 121 Å². The summed E-state index contributed by atoms with van der Waals surface area (Å²) >= 11 is 0. The first-order valence-electron chi connectivity index (χ1n) is 20.8. The van der Waals surface area contributed by atoms with E-state index in [1.54, 1.807) is 12.1 Å². The summed E-state index contributed by atoms with van der Waals surface area (Å²) in [6.07, 6.45) is -4.49. The van der Waals surface area contributed by atoms with E-state index in [1.165, 1.54) is 13.0 Å². The van der Waals surface area contributed by atoms with Crippen LogP contribution in [0.2, 0.25) is 0 Å². The monoisotopic (exact) mass is 848 g/mol. The van der Waals surface area contributed by atoms with E-state index in [9.17, 15) is 9.59 Å². The number of ether oxygens (including phenoxy) is 8. The lowest BCUT2D eigenvalue weighted by molar-refractivity contribution is -0.310. The van der Waals surface area contributed by atoms with Gasteiger partial charge in [0.1, 0.15) is 42.4 Å². The smallest absolute Gasteiger partial charge is 0.383 e. The summed E-state index contributed by atoms with van der Waals surface area (Å²) in [5.41, 5.74) is 3.89. The van der Waals surface area contributed by atoms with E-state index in [4.69, 9.17) is 42.3 Å². The molecule has 8 rings (SSSR count). The first-order valence-corrected chi connectivity index (χ1v) is 20.8. The normalized spacial score (nSPS) is 18.5. The molecule has 11 nitrogen and oxygen atoms in total. The van der Waals surface area contributed by atoms with Crippen molar-refractivity contribution in [1.29, 1.82) is 0 Å². The van der Waals surface area contributed by atoms with E-state index in [-0.39, 0.29) is 55.9 Å². The third kappa shape index (κ3) is 11.7. The lowest BCUT2D eigenvalue weighted by Crippen LogP contribution is -2.62. The highest BCUT2D eigenvalue weighted by Crippen LogP contribution is 2.39. The van der Waals surface area contributed by atoms with Crippen LogP contribution in [-0.2, 0) is 61.5 Å². The van der Waals surface area contributed by atoms with Gasteiger partial charge in [0.2, 0.25) is 12.0 Å². The summed E-state index contributed by atoms with van der Waals surface area (Å²) in [4.78, 5) is 25.9. The van der Waals surface area contributed by atoms with Crippen molar-refractivity contribution in [2.24, 2.45) is 0 Å². The highest BCUT2D eigenvalue weighted by molar-refractivity contribution is 5.87. The lowest BCUT2D eigenvalue weighted by Gasteiger charge is -2.45. The Labute approximate surface area is 365 Å². The van der Waals surface area contributed by atoms with Crippen LogP contribution < -0.4 is 19.8 Å². The molecule has 0 N–H and O–H groups in total. The molecule has 5 atom stereocenters. The zero-order valence-corrected chi connectivity index (χ0v) is 34.8. The van der Waals surface area contributed by atoms with Gasteiger partial charge in [0.25, 0.3) is 0 Å². The SMILES string of the molecule is CC(=O)Oc1ccc2c(O[C@@H]3O[C@H](COCc4ccccc4)[C@H](OCc4ccccc4)[C@H](OCc4ccccc4)[C@H]3OCc3ccccc3)c(OCc3ccccc3)c(=O)oc2c1. The first-order chi connectivity index (χ1) is 31.0. The largest absolute Gasteiger partial charge is 0.479 e. The van der Waals surface area contributed by atoms with Crippen molar-refractivity contribution in [2.45, 2.75) is 70.7 Å². The molecule has 2 heterocycles. The van der Waals surface area contributed by atoms with Gasteiger partial charge >= 0.3 is 11.6 Å². The van der Waals surface area contributed by atoms with Gasteiger partial charge in [-0.2, -0.15) is 0 Å². The molecule has 0 aliphatic carbocycles. The van der Waals surface area contributed by atoms with Gasteiger partial charge in [-0.1, -0.05) is 152 Å². The molecule has 63 heavy (non-hydrogen) atoms. The van der Waals surface area contributed by atoms with E-state index in [2.05, 4.69) is 0 Å². The number of fused-ring (bicyclic) bond motifs is 1. The Morgan fingerprint density at radius 3 is 1.54 bits per heavy atom. The summed E-state index contributed by atoms with van der Waals surface area (Å²) in [5.74, 6) is -0.489. The zero-order valence-electron chi connectivity index (χ0n) is 34.8. The van der Waals surface area contributed by atoms with Crippen molar-refractivity contribution in [2.75, 3.05) is 6.61 Å². The van der Waals surface area contributed by atoms with Crippen LogP contribution in [0.4, 0.5) is 0 Å². The fourth-order valence-corrected chi connectivity index (χ4v) is 7.29. The maximum atomic E-state index is 14.0. The average Bonchev–Trinajstić information content (AvgIpc) is 3.31. The molecule has 1 fully saturated rings. The van der Waals surface area contributed by atoms with Gasteiger partial charge in [0, 0.05) is 13.0 Å². The third-order valence-corrected chi connectivity index (χ3v) is 10.4. The number of hydrogen-bond donors (Lipinski definition) is 0. The van der Waals surface area contributed by atoms with Gasteiger partial charge in [-0.05, 0) is 39.9 Å². The van der Waals surface area contributed by atoms with Crippen LogP contribution in [0, 0.1) is 0 Å². The Bertz CT molecular complexity index is 2550. The number of rotatable bonds is 19. The Hall–Kier alpha value is -6.60. The predicted molar refractivity (Wildman–Crippen MR) is 235 cm³/mol.